The third-order valence-electron chi connectivity index (χ3n) is 3.46. The summed E-state index contributed by atoms with van der Waals surface area (Å²) in [4.78, 5) is 27.3. The molecule has 0 saturated heterocycles. The van der Waals surface area contributed by atoms with Gasteiger partial charge in [-0.3, -0.25) is 4.79 Å². The lowest BCUT2D eigenvalue weighted by Gasteiger charge is -2.05. The van der Waals surface area contributed by atoms with Crippen LogP contribution in [0.1, 0.15) is 18.1 Å². The molecule has 2 aromatic rings. The zero-order chi connectivity index (χ0) is 18.7. The van der Waals surface area contributed by atoms with Gasteiger partial charge in [0.2, 0.25) is 5.90 Å². The third kappa shape index (κ3) is 4.00. The Bertz CT molecular complexity index is 931. The van der Waals surface area contributed by atoms with E-state index in [9.17, 15) is 9.59 Å². The number of carbonyl (C=O) groups excluding carboxylic acids is 2. The number of carbonyl (C=O) groups is 2. The maximum Gasteiger partial charge on any atom is 0.363 e. The van der Waals surface area contributed by atoms with E-state index < -0.39 is 11.9 Å². The van der Waals surface area contributed by atoms with Crippen molar-refractivity contribution in [2.24, 2.45) is 4.99 Å². The van der Waals surface area contributed by atoms with Crippen LogP contribution in [-0.4, -0.2) is 24.9 Å². The normalized spacial score (nSPS) is 14.8. The maximum absolute atomic E-state index is 12.1. The van der Waals surface area contributed by atoms with Gasteiger partial charge < -0.3 is 14.2 Å². The van der Waals surface area contributed by atoms with E-state index in [0.717, 1.165) is 10.0 Å². The van der Waals surface area contributed by atoms with Crippen LogP contribution in [0.25, 0.3) is 6.08 Å². The van der Waals surface area contributed by atoms with Crippen molar-refractivity contribution in [3.63, 3.8) is 0 Å². The van der Waals surface area contributed by atoms with Gasteiger partial charge in [-0.05, 0) is 57.9 Å². The summed E-state index contributed by atoms with van der Waals surface area (Å²) in [6, 6.07) is 12.0. The highest BCUT2D eigenvalue weighted by Crippen LogP contribution is 2.28. The minimum atomic E-state index is -0.531. The molecule has 6 nitrogen and oxygen atoms in total. The van der Waals surface area contributed by atoms with E-state index in [-0.39, 0.29) is 11.6 Å². The molecule has 0 fully saturated rings. The van der Waals surface area contributed by atoms with Crippen molar-refractivity contribution < 1.29 is 23.8 Å². The van der Waals surface area contributed by atoms with Gasteiger partial charge >= 0.3 is 11.9 Å². The first kappa shape index (κ1) is 17.9. The molecule has 0 aliphatic carbocycles. The summed E-state index contributed by atoms with van der Waals surface area (Å²) >= 11 is 3.39. The summed E-state index contributed by atoms with van der Waals surface area (Å²) in [6.07, 6.45) is 1.60. The number of hydrogen-bond donors (Lipinski definition) is 0. The van der Waals surface area contributed by atoms with Gasteiger partial charge in [-0.1, -0.05) is 12.1 Å². The van der Waals surface area contributed by atoms with Gasteiger partial charge in [-0.25, -0.2) is 9.79 Å². The Balaban J connectivity index is 1.84. The van der Waals surface area contributed by atoms with Crippen molar-refractivity contribution in [3.8, 4) is 11.5 Å². The van der Waals surface area contributed by atoms with E-state index in [4.69, 9.17) is 14.2 Å². The zero-order valence-corrected chi connectivity index (χ0v) is 15.6. The van der Waals surface area contributed by atoms with Crippen LogP contribution in [0.15, 0.2) is 57.6 Å². The standard InChI is InChI=1S/C19H14BrNO5/c1-11(22)25-14-6-3-12(4-7-14)9-16-19(23)26-18(21-16)13-5-8-17(24-2)15(20)10-13/h3-10H,1-2H3/b16-9+. The Morgan fingerprint density at radius 3 is 2.54 bits per heavy atom. The number of cyclic esters (lactones) is 1. The highest BCUT2D eigenvalue weighted by molar-refractivity contribution is 9.10. The molecule has 0 radical (unpaired) electrons. The van der Waals surface area contributed by atoms with Gasteiger partial charge in [-0.15, -0.1) is 0 Å². The van der Waals surface area contributed by atoms with Crippen LogP contribution in [0.2, 0.25) is 0 Å². The Morgan fingerprint density at radius 2 is 1.92 bits per heavy atom. The molecule has 1 heterocycles. The van der Waals surface area contributed by atoms with Gasteiger partial charge in [-0.2, -0.15) is 0 Å². The molecule has 2 aromatic carbocycles. The Morgan fingerprint density at radius 1 is 1.19 bits per heavy atom. The average Bonchev–Trinajstić information content (AvgIpc) is 2.97. The molecule has 132 valence electrons. The van der Waals surface area contributed by atoms with E-state index in [1.54, 1.807) is 55.7 Å². The molecular weight excluding hydrogens is 402 g/mol. The number of ether oxygens (including phenoxy) is 3. The second kappa shape index (κ2) is 7.53. The van der Waals surface area contributed by atoms with Gasteiger partial charge in [0.25, 0.3) is 0 Å². The molecule has 0 saturated carbocycles. The van der Waals surface area contributed by atoms with Crippen LogP contribution in [0.5, 0.6) is 11.5 Å². The van der Waals surface area contributed by atoms with Crippen molar-refractivity contribution in [1.29, 1.82) is 0 Å². The summed E-state index contributed by atoms with van der Waals surface area (Å²) < 4.78 is 16.1. The highest BCUT2D eigenvalue weighted by atomic mass is 79.9. The lowest BCUT2D eigenvalue weighted by atomic mass is 10.2. The fraction of sp³-hybridized carbons (Fsp3) is 0.105. The Hall–Kier alpha value is -2.93. The topological polar surface area (TPSA) is 74.2 Å². The molecule has 0 atom stereocenters. The molecule has 0 N–H and O–H groups in total. The number of nitrogens with zero attached hydrogens (tertiary/aromatic N) is 1. The van der Waals surface area contributed by atoms with Crippen LogP contribution in [0.4, 0.5) is 0 Å². The van der Waals surface area contributed by atoms with E-state index in [1.807, 2.05) is 0 Å². The number of rotatable bonds is 4. The van der Waals surface area contributed by atoms with Crippen molar-refractivity contribution in [2.75, 3.05) is 7.11 Å². The first-order valence-corrected chi connectivity index (χ1v) is 8.40. The predicted molar refractivity (Wildman–Crippen MR) is 99.1 cm³/mol. The minimum absolute atomic E-state index is 0.187. The maximum atomic E-state index is 12.1. The van der Waals surface area contributed by atoms with Gasteiger partial charge in [0.15, 0.2) is 5.70 Å². The smallest absolute Gasteiger partial charge is 0.363 e. The summed E-state index contributed by atoms with van der Waals surface area (Å²) in [7, 11) is 1.57. The zero-order valence-electron chi connectivity index (χ0n) is 14.0. The molecule has 0 unspecified atom stereocenters. The van der Waals surface area contributed by atoms with Crippen molar-refractivity contribution in [1.82, 2.24) is 0 Å². The minimum Gasteiger partial charge on any atom is -0.496 e. The van der Waals surface area contributed by atoms with Gasteiger partial charge in [0.05, 0.1) is 11.6 Å². The second-order valence-corrected chi connectivity index (χ2v) is 6.20. The molecule has 0 amide bonds. The average molecular weight is 416 g/mol. The number of hydrogen-bond acceptors (Lipinski definition) is 6. The lowest BCUT2D eigenvalue weighted by molar-refractivity contribution is -0.132. The number of benzene rings is 2. The molecule has 7 heteroatoms. The fourth-order valence-electron chi connectivity index (χ4n) is 2.29. The molecule has 0 bridgehead atoms. The summed E-state index contributed by atoms with van der Waals surface area (Å²) in [5, 5.41) is 0. The predicted octanol–water partition coefficient (Wildman–Crippen LogP) is 3.73. The molecular formula is C19H14BrNO5. The summed E-state index contributed by atoms with van der Waals surface area (Å²) in [6.45, 7) is 1.33. The quantitative estimate of drug-likeness (QED) is 0.432. The van der Waals surface area contributed by atoms with E-state index >= 15 is 0 Å². The van der Waals surface area contributed by atoms with Crippen LogP contribution >= 0.6 is 15.9 Å². The largest absolute Gasteiger partial charge is 0.496 e. The van der Waals surface area contributed by atoms with E-state index in [0.29, 0.717) is 17.1 Å². The molecule has 0 spiro atoms. The Labute approximate surface area is 158 Å². The van der Waals surface area contributed by atoms with E-state index in [1.165, 1.54) is 6.92 Å². The fourth-order valence-corrected chi connectivity index (χ4v) is 2.83. The van der Waals surface area contributed by atoms with Gasteiger partial charge in [0, 0.05) is 12.5 Å². The first-order valence-electron chi connectivity index (χ1n) is 7.61. The number of esters is 2. The van der Waals surface area contributed by atoms with Crippen molar-refractivity contribution in [3.05, 3.63) is 63.8 Å². The molecule has 1 aliphatic heterocycles. The van der Waals surface area contributed by atoms with Crippen LogP contribution in [0, 0.1) is 0 Å². The number of halogens is 1. The van der Waals surface area contributed by atoms with Crippen molar-refractivity contribution in [2.45, 2.75) is 6.92 Å². The van der Waals surface area contributed by atoms with Crippen LogP contribution in [-0.2, 0) is 14.3 Å². The van der Waals surface area contributed by atoms with Crippen LogP contribution < -0.4 is 9.47 Å². The number of aliphatic imine (C=N–C) groups is 1. The molecule has 26 heavy (non-hydrogen) atoms. The van der Waals surface area contributed by atoms with Gasteiger partial charge in [0.1, 0.15) is 11.5 Å². The third-order valence-corrected chi connectivity index (χ3v) is 4.08. The van der Waals surface area contributed by atoms with E-state index in [2.05, 4.69) is 20.9 Å². The number of methoxy groups -OCH3 is 1. The lowest BCUT2D eigenvalue weighted by Crippen LogP contribution is -2.05. The summed E-state index contributed by atoms with van der Waals surface area (Å²) in [5.74, 6) is 0.399. The van der Waals surface area contributed by atoms with Crippen molar-refractivity contribution >= 4 is 39.8 Å². The molecule has 0 aromatic heterocycles. The van der Waals surface area contributed by atoms with Crippen LogP contribution in [0.3, 0.4) is 0 Å². The Kier molecular flexibility index (Phi) is 5.18. The second-order valence-electron chi connectivity index (χ2n) is 5.35. The monoisotopic (exact) mass is 415 g/mol. The SMILES string of the molecule is COc1ccc(C2=N/C(=C/c3ccc(OC(C)=O)cc3)C(=O)O2)cc1Br. The molecule has 3 rings (SSSR count). The highest BCUT2D eigenvalue weighted by Gasteiger charge is 2.24. The molecule has 1 aliphatic rings. The summed E-state index contributed by atoms with van der Waals surface area (Å²) in [5.41, 5.74) is 1.57. The first-order chi connectivity index (χ1) is 12.5.